The van der Waals surface area contributed by atoms with E-state index in [-0.39, 0.29) is 0 Å². The van der Waals surface area contributed by atoms with Crippen LogP contribution < -0.4 is 0 Å². The molecular weight excluding hydrogens is 340 g/mol. The molecule has 1 aliphatic carbocycles. The fraction of sp³-hybridized carbons (Fsp3) is 0.278. The van der Waals surface area contributed by atoms with Crippen LogP contribution in [0.3, 0.4) is 0 Å². The summed E-state index contributed by atoms with van der Waals surface area (Å²) < 4.78 is 1.92. The molecular formula is C18H17ClN4S. The predicted octanol–water partition coefficient (Wildman–Crippen LogP) is 4.41. The molecule has 0 amide bonds. The van der Waals surface area contributed by atoms with Crippen molar-refractivity contribution < 1.29 is 0 Å². The molecule has 0 spiro atoms. The minimum absolute atomic E-state index is 0.759. The fourth-order valence-electron chi connectivity index (χ4n) is 3.02. The summed E-state index contributed by atoms with van der Waals surface area (Å²) in [6.07, 6.45) is 3.42. The first kappa shape index (κ1) is 15.7. The zero-order valence-corrected chi connectivity index (χ0v) is 14.9. The van der Waals surface area contributed by atoms with Gasteiger partial charge in [0.2, 0.25) is 0 Å². The number of nitrogens with zero attached hydrogens (tertiary/aromatic N) is 4. The monoisotopic (exact) mass is 356 g/mol. The Morgan fingerprint density at radius 2 is 1.92 bits per heavy atom. The van der Waals surface area contributed by atoms with Gasteiger partial charge in [-0.05, 0) is 61.6 Å². The molecule has 1 aliphatic rings. The first-order valence-corrected chi connectivity index (χ1v) is 9.36. The van der Waals surface area contributed by atoms with Crippen LogP contribution in [0.4, 0.5) is 0 Å². The van der Waals surface area contributed by atoms with Crippen LogP contribution in [0.15, 0.2) is 41.4 Å². The lowest BCUT2D eigenvalue weighted by atomic mass is 10.2. The molecule has 1 aromatic carbocycles. The number of aromatic nitrogens is 4. The number of rotatable bonds is 4. The highest BCUT2D eigenvalue weighted by Crippen LogP contribution is 2.26. The third-order valence-corrected chi connectivity index (χ3v) is 5.55. The van der Waals surface area contributed by atoms with Gasteiger partial charge in [0, 0.05) is 16.5 Å². The molecule has 0 radical (unpaired) electrons. The molecule has 4 nitrogen and oxygen atoms in total. The van der Waals surface area contributed by atoms with Gasteiger partial charge in [0.15, 0.2) is 5.82 Å². The summed E-state index contributed by atoms with van der Waals surface area (Å²) >= 11 is 7.57. The van der Waals surface area contributed by atoms with Crippen molar-refractivity contribution in [3.63, 3.8) is 0 Å². The highest BCUT2D eigenvalue weighted by molar-refractivity contribution is 7.98. The topological polar surface area (TPSA) is 43.6 Å². The molecule has 2 heterocycles. The van der Waals surface area contributed by atoms with Crippen LogP contribution in [-0.2, 0) is 18.6 Å². The van der Waals surface area contributed by atoms with E-state index < -0.39 is 0 Å². The van der Waals surface area contributed by atoms with Crippen molar-refractivity contribution >= 4 is 23.4 Å². The molecule has 0 aliphatic heterocycles. The molecule has 0 saturated carbocycles. The Morgan fingerprint density at radius 3 is 2.62 bits per heavy atom. The van der Waals surface area contributed by atoms with Gasteiger partial charge >= 0.3 is 0 Å². The van der Waals surface area contributed by atoms with Gasteiger partial charge in [-0.15, -0.1) is 10.2 Å². The number of benzene rings is 1. The summed E-state index contributed by atoms with van der Waals surface area (Å²) in [4.78, 5) is 0. The van der Waals surface area contributed by atoms with E-state index in [4.69, 9.17) is 11.6 Å². The number of halogens is 1. The van der Waals surface area contributed by atoms with E-state index in [1.807, 2.05) is 41.1 Å². The second kappa shape index (κ2) is 6.57. The van der Waals surface area contributed by atoms with Crippen LogP contribution in [0.2, 0.25) is 5.02 Å². The number of hydrogen-bond acceptors (Lipinski definition) is 4. The Hall–Kier alpha value is -1.85. The molecule has 0 atom stereocenters. The van der Waals surface area contributed by atoms with Crippen molar-refractivity contribution in [1.29, 1.82) is 0 Å². The first-order chi connectivity index (χ1) is 11.7. The van der Waals surface area contributed by atoms with Crippen molar-refractivity contribution in [3.05, 3.63) is 63.9 Å². The predicted molar refractivity (Wildman–Crippen MR) is 96.9 cm³/mol. The molecule has 2 aromatic heterocycles. The van der Waals surface area contributed by atoms with E-state index in [0.717, 1.165) is 34.5 Å². The van der Waals surface area contributed by atoms with Gasteiger partial charge in [-0.1, -0.05) is 35.5 Å². The first-order valence-electron chi connectivity index (χ1n) is 7.99. The van der Waals surface area contributed by atoms with Crippen LogP contribution in [-0.4, -0.2) is 20.0 Å². The molecule has 24 heavy (non-hydrogen) atoms. The van der Waals surface area contributed by atoms with Crippen molar-refractivity contribution in [1.82, 2.24) is 20.0 Å². The van der Waals surface area contributed by atoms with Crippen molar-refractivity contribution in [3.8, 4) is 5.82 Å². The molecule has 0 unspecified atom stereocenters. The third-order valence-electron chi connectivity index (χ3n) is 4.31. The van der Waals surface area contributed by atoms with Crippen molar-refractivity contribution in [2.75, 3.05) is 0 Å². The van der Waals surface area contributed by atoms with Gasteiger partial charge in [-0.2, -0.15) is 5.10 Å². The molecule has 0 saturated heterocycles. The molecule has 0 bridgehead atoms. The maximum atomic E-state index is 5.91. The Morgan fingerprint density at radius 1 is 1.08 bits per heavy atom. The average Bonchev–Trinajstić information content (AvgIpc) is 3.18. The van der Waals surface area contributed by atoms with E-state index in [1.165, 1.54) is 28.9 Å². The maximum absolute atomic E-state index is 5.91. The summed E-state index contributed by atoms with van der Waals surface area (Å²) in [5, 5.41) is 15.0. The lowest BCUT2D eigenvalue weighted by Gasteiger charge is -2.05. The second-order valence-electron chi connectivity index (χ2n) is 5.92. The minimum Gasteiger partial charge on any atom is -0.217 e. The summed E-state index contributed by atoms with van der Waals surface area (Å²) in [6.45, 7) is 2.11. The van der Waals surface area contributed by atoms with Gasteiger partial charge in [-0.3, -0.25) is 0 Å². The van der Waals surface area contributed by atoms with Gasteiger partial charge in [0.1, 0.15) is 5.03 Å². The molecule has 0 fully saturated rings. The molecule has 4 rings (SSSR count). The lowest BCUT2D eigenvalue weighted by Crippen LogP contribution is -2.04. The second-order valence-corrected chi connectivity index (χ2v) is 7.35. The molecule has 122 valence electrons. The largest absolute Gasteiger partial charge is 0.217 e. The third kappa shape index (κ3) is 3.06. The Balaban J connectivity index is 1.48. The van der Waals surface area contributed by atoms with Crippen LogP contribution in [0.1, 0.15) is 28.9 Å². The van der Waals surface area contributed by atoms with E-state index >= 15 is 0 Å². The average molecular weight is 357 g/mol. The van der Waals surface area contributed by atoms with Crippen LogP contribution in [0, 0.1) is 6.92 Å². The highest BCUT2D eigenvalue weighted by atomic mass is 35.5. The summed E-state index contributed by atoms with van der Waals surface area (Å²) in [6, 6.07) is 11.9. The van der Waals surface area contributed by atoms with E-state index in [2.05, 4.69) is 22.2 Å². The van der Waals surface area contributed by atoms with Crippen LogP contribution in [0.25, 0.3) is 5.82 Å². The Bertz CT molecular complexity index is 856. The van der Waals surface area contributed by atoms with Gasteiger partial charge in [-0.25, -0.2) is 4.68 Å². The Kier molecular flexibility index (Phi) is 4.29. The molecule has 0 N–H and O–H groups in total. The van der Waals surface area contributed by atoms with Crippen molar-refractivity contribution in [2.24, 2.45) is 0 Å². The van der Waals surface area contributed by atoms with Crippen molar-refractivity contribution in [2.45, 2.75) is 37.0 Å². The smallest absolute Gasteiger partial charge is 0.176 e. The quantitative estimate of drug-likeness (QED) is 0.650. The zero-order valence-electron chi connectivity index (χ0n) is 13.4. The number of hydrogen-bond donors (Lipinski definition) is 0. The van der Waals surface area contributed by atoms with E-state index in [9.17, 15) is 0 Å². The number of aryl methyl sites for hydroxylation is 1. The Labute approximate surface area is 150 Å². The van der Waals surface area contributed by atoms with E-state index in [0.29, 0.717) is 0 Å². The highest BCUT2D eigenvalue weighted by Gasteiger charge is 2.20. The lowest BCUT2D eigenvalue weighted by molar-refractivity contribution is 0.738. The summed E-state index contributed by atoms with van der Waals surface area (Å²) in [5.41, 5.74) is 5.02. The van der Waals surface area contributed by atoms with E-state index in [1.54, 1.807) is 11.8 Å². The fourth-order valence-corrected chi connectivity index (χ4v) is 3.91. The number of fused-ring (bicyclic) bond motifs is 1. The normalized spacial score (nSPS) is 13.2. The molecule has 6 heteroatoms. The SMILES string of the molecule is Cc1c2c(nn1-c1ccc(SCc3ccc(Cl)cc3)nn1)CCC2. The van der Waals surface area contributed by atoms with Gasteiger partial charge < -0.3 is 0 Å². The van der Waals surface area contributed by atoms with Gasteiger partial charge in [0.05, 0.1) is 5.69 Å². The van der Waals surface area contributed by atoms with Crippen LogP contribution in [0.5, 0.6) is 0 Å². The maximum Gasteiger partial charge on any atom is 0.176 e. The summed E-state index contributed by atoms with van der Waals surface area (Å²) in [7, 11) is 0. The molecule has 3 aromatic rings. The van der Waals surface area contributed by atoms with Gasteiger partial charge in [0.25, 0.3) is 0 Å². The number of thioether (sulfide) groups is 1. The minimum atomic E-state index is 0.759. The zero-order chi connectivity index (χ0) is 16.5. The summed E-state index contributed by atoms with van der Waals surface area (Å²) in [5.74, 6) is 1.64. The standard InChI is InChI=1S/C18H17ClN4S/c1-12-15-3-2-4-16(15)22-23(12)17-9-10-18(21-20-17)24-11-13-5-7-14(19)8-6-13/h5-10H,2-4,11H2,1H3. The van der Waals surface area contributed by atoms with Crippen LogP contribution >= 0.6 is 23.4 Å².